The molecule has 1 radical (unpaired) electrons. The molecule has 1 aliphatic heterocycles. The first-order valence-electron chi connectivity index (χ1n) is 7.68. The van der Waals surface area contributed by atoms with Crippen LogP contribution >= 0.6 is 0 Å². The summed E-state index contributed by atoms with van der Waals surface area (Å²) in [5.74, 6) is 1.05. The first kappa shape index (κ1) is 13.4. The summed E-state index contributed by atoms with van der Waals surface area (Å²) < 4.78 is 0. The highest BCUT2D eigenvalue weighted by Gasteiger charge is 2.19. The number of nitrogens with one attached hydrogen (secondary N) is 2. The van der Waals surface area contributed by atoms with Crippen molar-refractivity contribution >= 4 is 11.6 Å². The molecular weight excluding hydrogens is 248 g/mol. The Morgan fingerprint density at radius 2 is 1.90 bits per heavy atom. The molecule has 0 bridgehead atoms. The fraction of sp³-hybridized carbons (Fsp3) is 0.562. The summed E-state index contributed by atoms with van der Waals surface area (Å²) in [5.41, 5.74) is 1.10. The van der Waals surface area contributed by atoms with Crippen molar-refractivity contribution in [2.45, 2.75) is 31.7 Å². The highest BCUT2D eigenvalue weighted by Crippen LogP contribution is 2.21. The van der Waals surface area contributed by atoms with E-state index in [1.807, 2.05) is 24.3 Å². The monoisotopic (exact) mass is 271 g/mol. The zero-order valence-electron chi connectivity index (χ0n) is 11.9. The highest BCUT2D eigenvalue weighted by atomic mass is 15.3. The Balaban J connectivity index is 1.75. The molecule has 0 aromatic heterocycles. The quantitative estimate of drug-likeness (QED) is 0.639. The Morgan fingerprint density at radius 3 is 2.60 bits per heavy atom. The topological polar surface area (TPSA) is 39.7 Å². The van der Waals surface area contributed by atoms with Gasteiger partial charge in [-0.2, -0.15) is 0 Å². The van der Waals surface area contributed by atoms with Crippen molar-refractivity contribution in [1.29, 1.82) is 0 Å². The second-order valence-electron chi connectivity index (χ2n) is 5.54. The van der Waals surface area contributed by atoms with E-state index in [0.29, 0.717) is 6.04 Å². The zero-order valence-corrected chi connectivity index (χ0v) is 11.9. The SMILES string of the molecule is [c]1ccc(N/C(=N/C2CCCC2)N2CCNCC2)cc1. The molecule has 1 aromatic carbocycles. The highest BCUT2D eigenvalue weighted by molar-refractivity contribution is 5.93. The molecule has 1 heterocycles. The average molecular weight is 271 g/mol. The lowest BCUT2D eigenvalue weighted by atomic mass is 10.2. The van der Waals surface area contributed by atoms with Crippen molar-refractivity contribution < 1.29 is 0 Å². The van der Waals surface area contributed by atoms with Gasteiger partial charge in [0.15, 0.2) is 5.96 Å². The van der Waals surface area contributed by atoms with Crippen LogP contribution in [-0.4, -0.2) is 43.1 Å². The van der Waals surface area contributed by atoms with Gasteiger partial charge in [0, 0.05) is 31.9 Å². The zero-order chi connectivity index (χ0) is 13.6. The standard InChI is InChI=1S/C16H23N4/c1-2-6-14(7-3-1)18-16(19-15-8-4-5-9-15)20-12-10-17-11-13-20/h2-3,6-7,15,17H,4-5,8-13H2,(H,18,19). The summed E-state index contributed by atoms with van der Waals surface area (Å²) in [7, 11) is 0. The predicted octanol–water partition coefficient (Wildman–Crippen LogP) is 2.10. The van der Waals surface area contributed by atoms with Crippen LogP contribution in [-0.2, 0) is 0 Å². The minimum atomic E-state index is 0.502. The largest absolute Gasteiger partial charge is 0.340 e. The van der Waals surface area contributed by atoms with Gasteiger partial charge in [-0.3, -0.25) is 0 Å². The van der Waals surface area contributed by atoms with Crippen LogP contribution in [0.15, 0.2) is 29.3 Å². The fourth-order valence-electron chi connectivity index (χ4n) is 2.88. The number of anilines is 1. The normalized spacial score (nSPS) is 21.2. The van der Waals surface area contributed by atoms with E-state index in [1.165, 1.54) is 25.7 Å². The van der Waals surface area contributed by atoms with Gasteiger partial charge < -0.3 is 15.5 Å². The molecule has 20 heavy (non-hydrogen) atoms. The molecule has 0 amide bonds. The third-order valence-electron chi connectivity index (χ3n) is 4.02. The van der Waals surface area contributed by atoms with Gasteiger partial charge in [-0.05, 0) is 31.0 Å². The smallest absolute Gasteiger partial charge is 0.198 e. The maximum atomic E-state index is 4.99. The fourth-order valence-corrected chi connectivity index (χ4v) is 2.88. The minimum Gasteiger partial charge on any atom is -0.340 e. The second-order valence-corrected chi connectivity index (χ2v) is 5.54. The molecule has 4 nitrogen and oxygen atoms in total. The molecule has 1 aliphatic carbocycles. The maximum Gasteiger partial charge on any atom is 0.198 e. The van der Waals surface area contributed by atoms with Crippen molar-refractivity contribution in [2.75, 3.05) is 31.5 Å². The van der Waals surface area contributed by atoms with E-state index in [1.54, 1.807) is 0 Å². The molecule has 0 atom stereocenters. The molecule has 2 fully saturated rings. The van der Waals surface area contributed by atoms with Crippen molar-refractivity contribution in [3.63, 3.8) is 0 Å². The van der Waals surface area contributed by atoms with Gasteiger partial charge in [0.1, 0.15) is 0 Å². The Morgan fingerprint density at radius 1 is 1.20 bits per heavy atom. The third-order valence-corrected chi connectivity index (χ3v) is 4.02. The lowest BCUT2D eigenvalue weighted by molar-refractivity contribution is 0.354. The van der Waals surface area contributed by atoms with E-state index < -0.39 is 0 Å². The van der Waals surface area contributed by atoms with Gasteiger partial charge in [0.25, 0.3) is 0 Å². The van der Waals surface area contributed by atoms with E-state index in [-0.39, 0.29) is 0 Å². The maximum absolute atomic E-state index is 4.99. The summed E-state index contributed by atoms with van der Waals surface area (Å²) in [6.07, 6.45) is 5.12. The lowest BCUT2D eigenvalue weighted by Gasteiger charge is -2.31. The Labute approximate surface area is 121 Å². The molecule has 0 unspecified atom stereocenters. The van der Waals surface area contributed by atoms with Crippen molar-refractivity contribution in [3.05, 3.63) is 30.3 Å². The average Bonchev–Trinajstić information content (AvgIpc) is 3.02. The van der Waals surface area contributed by atoms with Crippen LogP contribution in [0, 0.1) is 6.07 Å². The summed E-state index contributed by atoms with van der Waals surface area (Å²) in [4.78, 5) is 7.35. The third kappa shape index (κ3) is 3.51. The van der Waals surface area contributed by atoms with E-state index >= 15 is 0 Å². The van der Waals surface area contributed by atoms with Gasteiger partial charge in [-0.1, -0.05) is 25.0 Å². The molecule has 2 aliphatic rings. The predicted molar refractivity (Wildman–Crippen MR) is 83.0 cm³/mol. The first-order chi connectivity index (χ1) is 9.92. The van der Waals surface area contributed by atoms with Crippen LogP contribution in [0.1, 0.15) is 25.7 Å². The number of nitrogens with zero attached hydrogens (tertiary/aromatic N) is 2. The van der Waals surface area contributed by atoms with Gasteiger partial charge >= 0.3 is 0 Å². The van der Waals surface area contributed by atoms with E-state index in [2.05, 4.69) is 21.6 Å². The number of hydrogen-bond donors (Lipinski definition) is 2. The summed E-state index contributed by atoms with van der Waals surface area (Å²) in [5, 5.41) is 6.90. The summed E-state index contributed by atoms with van der Waals surface area (Å²) in [6, 6.07) is 11.5. The second kappa shape index (κ2) is 6.75. The molecule has 107 valence electrons. The Kier molecular flexibility index (Phi) is 4.53. The van der Waals surface area contributed by atoms with Crippen LogP contribution in [0.4, 0.5) is 5.69 Å². The van der Waals surface area contributed by atoms with Gasteiger partial charge in [0.2, 0.25) is 0 Å². The van der Waals surface area contributed by atoms with E-state index in [4.69, 9.17) is 4.99 Å². The number of hydrogen-bond acceptors (Lipinski definition) is 2. The van der Waals surface area contributed by atoms with Gasteiger partial charge in [-0.25, -0.2) is 4.99 Å². The molecule has 1 saturated heterocycles. The Bertz CT molecular complexity index is 431. The van der Waals surface area contributed by atoms with Crippen LogP contribution in [0.3, 0.4) is 0 Å². The number of benzene rings is 1. The Hall–Kier alpha value is -1.55. The van der Waals surface area contributed by atoms with Crippen LogP contribution in [0.2, 0.25) is 0 Å². The molecule has 0 spiro atoms. The van der Waals surface area contributed by atoms with Crippen molar-refractivity contribution in [2.24, 2.45) is 4.99 Å². The number of guanidine groups is 1. The molecular formula is C16H23N4. The van der Waals surface area contributed by atoms with Gasteiger partial charge in [-0.15, -0.1) is 0 Å². The van der Waals surface area contributed by atoms with Crippen molar-refractivity contribution in [1.82, 2.24) is 10.2 Å². The number of aliphatic imine (C=N–C) groups is 1. The van der Waals surface area contributed by atoms with Gasteiger partial charge in [0.05, 0.1) is 6.04 Å². The molecule has 3 rings (SSSR count). The van der Waals surface area contributed by atoms with Crippen molar-refractivity contribution in [3.8, 4) is 0 Å². The minimum absolute atomic E-state index is 0.502. The van der Waals surface area contributed by atoms with Crippen LogP contribution < -0.4 is 10.6 Å². The number of rotatable bonds is 2. The van der Waals surface area contributed by atoms with Crippen LogP contribution in [0.25, 0.3) is 0 Å². The molecule has 1 aromatic rings. The van der Waals surface area contributed by atoms with E-state index in [9.17, 15) is 0 Å². The molecule has 4 heteroatoms. The molecule has 1 saturated carbocycles. The summed E-state index contributed by atoms with van der Waals surface area (Å²) >= 11 is 0. The van der Waals surface area contributed by atoms with E-state index in [0.717, 1.165) is 37.8 Å². The first-order valence-corrected chi connectivity index (χ1v) is 7.68. The number of piperazine rings is 1. The summed E-state index contributed by atoms with van der Waals surface area (Å²) in [6.45, 7) is 4.12. The molecule has 2 N–H and O–H groups in total. The lowest BCUT2D eigenvalue weighted by Crippen LogP contribution is -2.49. The van der Waals surface area contributed by atoms with Crippen LogP contribution in [0.5, 0.6) is 0 Å².